The van der Waals surface area contributed by atoms with E-state index in [9.17, 15) is 0 Å². The summed E-state index contributed by atoms with van der Waals surface area (Å²) >= 11 is 12.1. The molecule has 7 heteroatoms. The molecule has 0 atom stereocenters. The SMILES string of the molecule is CN(Cc1ccccc1)c1nncc(Nc2ccc(Cl)cc2Cl)n1. The first-order chi connectivity index (χ1) is 11.6. The van der Waals surface area contributed by atoms with E-state index in [-0.39, 0.29) is 0 Å². The fraction of sp³-hybridized carbons (Fsp3) is 0.118. The van der Waals surface area contributed by atoms with Crippen molar-refractivity contribution in [2.24, 2.45) is 0 Å². The highest BCUT2D eigenvalue weighted by molar-refractivity contribution is 6.36. The summed E-state index contributed by atoms with van der Waals surface area (Å²) in [5.74, 6) is 1.08. The largest absolute Gasteiger partial charge is 0.338 e. The number of anilines is 3. The van der Waals surface area contributed by atoms with Gasteiger partial charge in [-0.05, 0) is 23.8 Å². The molecule has 0 amide bonds. The lowest BCUT2D eigenvalue weighted by molar-refractivity contribution is 0.831. The molecule has 1 aromatic heterocycles. The van der Waals surface area contributed by atoms with Crippen LogP contribution in [0.2, 0.25) is 10.0 Å². The van der Waals surface area contributed by atoms with Gasteiger partial charge >= 0.3 is 0 Å². The van der Waals surface area contributed by atoms with Crippen LogP contribution in [-0.2, 0) is 6.54 Å². The molecular formula is C17H15Cl2N5. The Morgan fingerprint density at radius 1 is 1.08 bits per heavy atom. The third-order valence-corrected chi connectivity index (χ3v) is 3.89. The Balaban J connectivity index is 1.76. The maximum absolute atomic E-state index is 6.17. The highest BCUT2D eigenvalue weighted by Gasteiger charge is 2.09. The number of halogens is 2. The van der Waals surface area contributed by atoms with Crippen molar-refractivity contribution in [2.45, 2.75) is 6.54 Å². The van der Waals surface area contributed by atoms with Gasteiger partial charge in [0, 0.05) is 18.6 Å². The lowest BCUT2D eigenvalue weighted by Crippen LogP contribution is -2.19. The third-order valence-electron chi connectivity index (χ3n) is 3.35. The summed E-state index contributed by atoms with van der Waals surface area (Å²) in [6, 6.07) is 15.3. The molecular weight excluding hydrogens is 345 g/mol. The van der Waals surface area contributed by atoms with Gasteiger partial charge in [0.1, 0.15) is 0 Å². The van der Waals surface area contributed by atoms with Crippen molar-refractivity contribution in [2.75, 3.05) is 17.3 Å². The van der Waals surface area contributed by atoms with Crippen molar-refractivity contribution >= 4 is 40.7 Å². The number of aromatic nitrogens is 3. The lowest BCUT2D eigenvalue weighted by atomic mass is 10.2. The van der Waals surface area contributed by atoms with Crippen LogP contribution >= 0.6 is 23.2 Å². The summed E-state index contributed by atoms with van der Waals surface area (Å²) in [7, 11) is 1.92. The van der Waals surface area contributed by atoms with Crippen LogP contribution in [0.25, 0.3) is 0 Å². The van der Waals surface area contributed by atoms with Gasteiger partial charge in [0.05, 0.1) is 16.9 Å². The molecule has 0 unspecified atom stereocenters. The Labute approximate surface area is 150 Å². The topological polar surface area (TPSA) is 53.9 Å². The van der Waals surface area contributed by atoms with E-state index in [0.717, 1.165) is 0 Å². The number of rotatable bonds is 5. The van der Waals surface area contributed by atoms with Crippen LogP contribution in [0.15, 0.2) is 54.7 Å². The maximum atomic E-state index is 6.17. The summed E-state index contributed by atoms with van der Waals surface area (Å²) in [5, 5.41) is 12.3. The van der Waals surface area contributed by atoms with E-state index >= 15 is 0 Å². The molecule has 0 spiro atoms. The highest BCUT2D eigenvalue weighted by atomic mass is 35.5. The average molecular weight is 360 g/mol. The Morgan fingerprint density at radius 3 is 2.62 bits per heavy atom. The van der Waals surface area contributed by atoms with Crippen LogP contribution in [0.3, 0.4) is 0 Å². The number of nitrogens with zero attached hydrogens (tertiary/aromatic N) is 4. The predicted molar refractivity (Wildman–Crippen MR) is 98.1 cm³/mol. The molecule has 3 rings (SSSR count). The molecule has 122 valence electrons. The predicted octanol–water partition coefficient (Wildman–Crippen LogP) is 4.56. The second kappa shape index (κ2) is 7.47. The fourth-order valence-electron chi connectivity index (χ4n) is 2.17. The second-order valence-corrected chi connectivity index (χ2v) is 6.08. The summed E-state index contributed by atoms with van der Waals surface area (Å²) in [6.07, 6.45) is 1.55. The minimum absolute atomic E-state index is 0.514. The van der Waals surface area contributed by atoms with E-state index in [0.29, 0.717) is 34.0 Å². The van der Waals surface area contributed by atoms with Crippen molar-refractivity contribution < 1.29 is 0 Å². The van der Waals surface area contributed by atoms with Crippen LogP contribution in [0.4, 0.5) is 17.5 Å². The van der Waals surface area contributed by atoms with E-state index < -0.39 is 0 Å². The van der Waals surface area contributed by atoms with Gasteiger partial charge in [0.25, 0.3) is 0 Å². The first kappa shape index (κ1) is 16.5. The van der Waals surface area contributed by atoms with Crippen LogP contribution < -0.4 is 10.2 Å². The van der Waals surface area contributed by atoms with Gasteiger partial charge in [-0.25, -0.2) is 0 Å². The molecule has 24 heavy (non-hydrogen) atoms. The van der Waals surface area contributed by atoms with Crippen LogP contribution in [-0.4, -0.2) is 22.2 Å². The minimum atomic E-state index is 0.514. The van der Waals surface area contributed by atoms with E-state index in [4.69, 9.17) is 23.2 Å². The summed E-state index contributed by atoms with van der Waals surface area (Å²) in [6.45, 7) is 0.688. The average Bonchev–Trinajstić information content (AvgIpc) is 2.59. The summed E-state index contributed by atoms with van der Waals surface area (Å²) < 4.78 is 0. The maximum Gasteiger partial charge on any atom is 0.247 e. The fourth-order valence-corrected chi connectivity index (χ4v) is 2.63. The van der Waals surface area contributed by atoms with Gasteiger partial charge in [-0.2, -0.15) is 10.1 Å². The first-order valence-electron chi connectivity index (χ1n) is 7.28. The molecule has 0 radical (unpaired) electrons. The Hall–Kier alpha value is -2.37. The van der Waals surface area contributed by atoms with Gasteiger partial charge in [0.15, 0.2) is 5.82 Å². The third kappa shape index (κ3) is 4.13. The Bertz CT molecular complexity index is 826. The van der Waals surface area contributed by atoms with Crippen molar-refractivity contribution in [3.05, 3.63) is 70.3 Å². The first-order valence-corrected chi connectivity index (χ1v) is 8.04. The van der Waals surface area contributed by atoms with E-state index in [1.165, 1.54) is 5.56 Å². The van der Waals surface area contributed by atoms with E-state index in [1.54, 1.807) is 24.4 Å². The van der Waals surface area contributed by atoms with E-state index in [1.807, 2.05) is 30.1 Å². The number of nitrogens with one attached hydrogen (secondary N) is 1. The van der Waals surface area contributed by atoms with Crippen molar-refractivity contribution in [3.8, 4) is 0 Å². The molecule has 0 aliphatic carbocycles. The number of benzene rings is 2. The molecule has 0 fully saturated rings. The van der Waals surface area contributed by atoms with Crippen LogP contribution in [0.5, 0.6) is 0 Å². The van der Waals surface area contributed by atoms with Gasteiger partial charge < -0.3 is 10.2 Å². The van der Waals surface area contributed by atoms with Crippen LogP contribution in [0, 0.1) is 0 Å². The zero-order valence-electron chi connectivity index (χ0n) is 12.9. The summed E-state index contributed by atoms with van der Waals surface area (Å²) in [4.78, 5) is 6.40. The van der Waals surface area contributed by atoms with Crippen molar-refractivity contribution in [1.29, 1.82) is 0 Å². The van der Waals surface area contributed by atoms with Gasteiger partial charge in [0.2, 0.25) is 5.95 Å². The van der Waals surface area contributed by atoms with Crippen molar-refractivity contribution in [1.82, 2.24) is 15.2 Å². The van der Waals surface area contributed by atoms with Gasteiger partial charge in [-0.1, -0.05) is 53.5 Å². The van der Waals surface area contributed by atoms with Gasteiger partial charge in [-0.3, -0.25) is 0 Å². The molecule has 0 aliphatic heterocycles. The molecule has 0 saturated heterocycles. The highest BCUT2D eigenvalue weighted by Crippen LogP contribution is 2.27. The normalized spacial score (nSPS) is 10.5. The van der Waals surface area contributed by atoms with Crippen molar-refractivity contribution in [3.63, 3.8) is 0 Å². The molecule has 0 bridgehead atoms. The van der Waals surface area contributed by atoms with E-state index in [2.05, 4.69) is 32.6 Å². The van der Waals surface area contributed by atoms with Gasteiger partial charge in [-0.15, -0.1) is 5.10 Å². The van der Waals surface area contributed by atoms with Crippen LogP contribution in [0.1, 0.15) is 5.56 Å². The molecule has 1 N–H and O–H groups in total. The molecule has 2 aromatic carbocycles. The molecule has 3 aromatic rings. The number of hydrogen-bond donors (Lipinski definition) is 1. The smallest absolute Gasteiger partial charge is 0.247 e. The summed E-state index contributed by atoms with van der Waals surface area (Å²) in [5.41, 5.74) is 1.88. The lowest BCUT2D eigenvalue weighted by Gasteiger charge is -2.17. The molecule has 5 nitrogen and oxygen atoms in total. The molecule has 0 aliphatic rings. The Morgan fingerprint density at radius 2 is 1.88 bits per heavy atom. The monoisotopic (exact) mass is 359 g/mol. The molecule has 0 saturated carbocycles. The molecule has 1 heterocycles. The quantitative estimate of drug-likeness (QED) is 0.723. The zero-order chi connectivity index (χ0) is 16.9. The zero-order valence-corrected chi connectivity index (χ0v) is 14.5. The standard InChI is InChI=1S/C17H15Cl2N5/c1-24(11-12-5-3-2-4-6-12)17-22-16(10-20-23-17)21-15-8-7-13(18)9-14(15)19/h2-10H,11H2,1H3,(H,21,22,23). The number of hydrogen-bond acceptors (Lipinski definition) is 5. The second-order valence-electron chi connectivity index (χ2n) is 5.23. The minimum Gasteiger partial charge on any atom is -0.338 e. The Kier molecular flexibility index (Phi) is 5.13.